The van der Waals surface area contributed by atoms with Crippen LogP contribution in [-0.4, -0.2) is 25.6 Å². The van der Waals surface area contributed by atoms with Crippen LogP contribution in [0, 0.1) is 0 Å². The van der Waals surface area contributed by atoms with Crippen LogP contribution in [0.2, 0.25) is 0 Å². The van der Waals surface area contributed by atoms with E-state index in [2.05, 4.69) is 17.6 Å². The molecule has 21 heavy (non-hydrogen) atoms. The van der Waals surface area contributed by atoms with Gasteiger partial charge in [-0.3, -0.25) is 4.79 Å². The van der Waals surface area contributed by atoms with Crippen LogP contribution < -0.4 is 15.4 Å². The molecule has 0 spiro atoms. The summed E-state index contributed by atoms with van der Waals surface area (Å²) in [5.41, 5.74) is 0.948. The molecule has 0 aliphatic rings. The van der Waals surface area contributed by atoms with E-state index >= 15 is 0 Å². The lowest BCUT2D eigenvalue weighted by Gasteiger charge is -2.15. The number of likely N-dealkylation sites (N-methyl/N-ethyl adjacent to an activating group) is 1. The largest absolute Gasteiger partial charge is 0.484 e. The fourth-order valence-corrected chi connectivity index (χ4v) is 1.96. The highest BCUT2D eigenvalue weighted by molar-refractivity contribution is 5.77. The molecule has 1 aromatic carbocycles. The number of hydrogen-bond donors (Lipinski definition) is 2. The van der Waals surface area contributed by atoms with Gasteiger partial charge in [0.15, 0.2) is 6.61 Å². The van der Waals surface area contributed by atoms with E-state index in [9.17, 15) is 4.79 Å². The van der Waals surface area contributed by atoms with Gasteiger partial charge in [0.05, 0.1) is 6.26 Å². The highest BCUT2D eigenvalue weighted by Crippen LogP contribution is 2.19. The smallest absolute Gasteiger partial charge is 0.257 e. The van der Waals surface area contributed by atoms with Crippen molar-refractivity contribution in [2.24, 2.45) is 0 Å². The molecule has 0 aliphatic heterocycles. The molecule has 0 fully saturated rings. The van der Waals surface area contributed by atoms with Gasteiger partial charge in [-0.25, -0.2) is 0 Å². The van der Waals surface area contributed by atoms with Gasteiger partial charge in [-0.15, -0.1) is 0 Å². The normalized spacial score (nSPS) is 11.7. The molecule has 1 heterocycles. The number of anilines is 1. The first kappa shape index (κ1) is 15.0. The van der Waals surface area contributed by atoms with Crippen LogP contribution in [0.5, 0.6) is 5.75 Å². The lowest BCUT2D eigenvalue weighted by atomic mass is 10.2. The van der Waals surface area contributed by atoms with Crippen molar-refractivity contribution >= 4 is 11.6 Å². The molecule has 2 aromatic rings. The summed E-state index contributed by atoms with van der Waals surface area (Å²) < 4.78 is 10.7. The van der Waals surface area contributed by atoms with Crippen molar-refractivity contribution in [3.8, 4) is 5.75 Å². The first-order valence-electron chi connectivity index (χ1n) is 6.89. The third-order valence-corrected chi connectivity index (χ3v) is 2.98. The number of furan rings is 1. The summed E-state index contributed by atoms with van der Waals surface area (Å²) in [5.74, 6) is 1.45. The second-order valence-corrected chi connectivity index (χ2v) is 4.82. The van der Waals surface area contributed by atoms with Gasteiger partial charge in [-0.1, -0.05) is 6.07 Å². The van der Waals surface area contributed by atoms with E-state index in [1.54, 1.807) is 13.3 Å². The van der Waals surface area contributed by atoms with Gasteiger partial charge in [0.25, 0.3) is 5.91 Å². The number of carbonyl (C=O) groups is 1. The number of carbonyl (C=O) groups excluding carboxylic acids is 1. The molecule has 0 saturated heterocycles. The minimum Gasteiger partial charge on any atom is -0.484 e. The second kappa shape index (κ2) is 7.38. The van der Waals surface area contributed by atoms with Gasteiger partial charge < -0.3 is 19.8 Å². The van der Waals surface area contributed by atoms with E-state index in [0.717, 1.165) is 17.9 Å². The Bertz CT molecular complexity index is 567. The highest BCUT2D eigenvalue weighted by Gasteiger charge is 2.07. The number of rotatable bonds is 7. The topological polar surface area (TPSA) is 63.5 Å². The number of hydrogen-bond acceptors (Lipinski definition) is 4. The first-order valence-corrected chi connectivity index (χ1v) is 6.89. The van der Waals surface area contributed by atoms with E-state index in [1.165, 1.54) is 0 Å². The monoisotopic (exact) mass is 288 g/mol. The van der Waals surface area contributed by atoms with Crippen molar-refractivity contribution in [1.29, 1.82) is 0 Å². The maximum absolute atomic E-state index is 11.2. The van der Waals surface area contributed by atoms with Gasteiger partial charge >= 0.3 is 0 Å². The molecule has 0 saturated carbocycles. The van der Waals surface area contributed by atoms with Gasteiger partial charge in [0.1, 0.15) is 11.5 Å². The summed E-state index contributed by atoms with van der Waals surface area (Å²) in [6, 6.07) is 11.6. The fraction of sp³-hybridized carbons (Fsp3) is 0.312. The molecule has 0 aliphatic carbocycles. The predicted molar refractivity (Wildman–Crippen MR) is 81.5 cm³/mol. The average Bonchev–Trinajstić information content (AvgIpc) is 2.97. The van der Waals surface area contributed by atoms with E-state index in [0.29, 0.717) is 5.75 Å². The van der Waals surface area contributed by atoms with E-state index < -0.39 is 0 Å². The summed E-state index contributed by atoms with van der Waals surface area (Å²) in [7, 11) is 1.58. The Labute approximate surface area is 124 Å². The molecular formula is C16H20N2O3. The zero-order valence-corrected chi connectivity index (χ0v) is 12.3. The molecule has 1 aromatic heterocycles. The predicted octanol–water partition coefficient (Wildman–Crippen LogP) is 2.45. The summed E-state index contributed by atoms with van der Waals surface area (Å²) in [6.07, 6.45) is 2.48. The van der Waals surface area contributed by atoms with Crippen molar-refractivity contribution in [2.75, 3.05) is 19.0 Å². The molecule has 112 valence electrons. The summed E-state index contributed by atoms with van der Waals surface area (Å²) in [4.78, 5) is 11.2. The third-order valence-electron chi connectivity index (χ3n) is 2.98. The highest BCUT2D eigenvalue weighted by atomic mass is 16.5. The van der Waals surface area contributed by atoms with Crippen molar-refractivity contribution < 1.29 is 13.9 Å². The van der Waals surface area contributed by atoms with Gasteiger partial charge in [-0.05, 0) is 31.2 Å². The zero-order chi connectivity index (χ0) is 15.1. The van der Waals surface area contributed by atoms with E-state index in [4.69, 9.17) is 9.15 Å². The van der Waals surface area contributed by atoms with Crippen LogP contribution >= 0.6 is 0 Å². The molecule has 5 heteroatoms. The number of nitrogens with one attached hydrogen (secondary N) is 2. The van der Waals surface area contributed by atoms with Crippen LogP contribution in [0.15, 0.2) is 47.1 Å². The van der Waals surface area contributed by atoms with Crippen molar-refractivity contribution in [3.05, 3.63) is 48.4 Å². The van der Waals surface area contributed by atoms with Crippen LogP contribution in [0.1, 0.15) is 12.7 Å². The van der Waals surface area contributed by atoms with Crippen molar-refractivity contribution in [2.45, 2.75) is 19.4 Å². The molecule has 1 amide bonds. The SMILES string of the molecule is CNC(=O)COc1cccc(NC(C)Cc2ccco2)c1. The Kier molecular flexibility index (Phi) is 5.26. The summed E-state index contributed by atoms with van der Waals surface area (Å²) in [5, 5.41) is 5.90. The quantitative estimate of drug-likeness (QED) is 0.821. The van der Waals surface area contributed by atoms with Crippen LogP contribution in [0.4, 0.5) is 5.69 Å². The average molecular weight is 288 g/mol. The maximum atomic E-state index is 11.2. The Hall–Kier alpha value is -2.43. The Morgan fingerprint density at radius 1 is 1.33 bits per heavy atom. The van der Waals surface area contributed by atoms with Gasteiger partial charge in [-0.2, -0.15) is 0 Å². The minimum absolute atomic E-state index is 0.0158. The van der Waals surface area contributed by atoms with Crippen LogP contribution in [0.3, 0.4) is 0 Å². The molecule has 0 radical (unpaired) electrons. The minimum atomic E-state index is -0.153. The molecule has 1 unspecified atom stereocenters. The number of ether oxygens (including phenoxy) is 1. The van der Waals surface area contributed by atoms with Gasteiger partial charge in [0, 0.05) is 31.3 Å². The number of benzene rings is 1. The van der Waals surface area contributed by atoms with Crippen molar-refractivity contribution in [1.82, 2.24) is 5.32 Å². The summed E-state index contributed by atoms with van der Waals surface area (Å²) >= 11 is 0. The van der Waals surface area contributed by atoms with Crippen LogP contribution in [-0.2, 0) is 11.2 Å². The maximum Gasteiger partial charge on any atom is 0.257 e. The van der Waals surface area contributed by atoms with Crippen molar-refractivity contribution in [3.63, 3.8) is 0 Å². The third kappa shape index (κ3) is 4.87. The summed E-state index contributed by atoms with van der Waals surface area (Å²) in [6.45, 7) is 2.10. The first-order chi connectivity index (χ1) is 10.2. The second-order valence-electron chi connectivity index (χ2n) is 4.82. The van der Waals surface area contributed by atoms with E-state index in [-0.39, 0.29) is 18.6 Å². The molecule has 0 bridgehead atoms. The Balaban J connectivity index is 1.89. The Morgan fingerprint density at radius 3 is 2.90 bits per heavy atom. The number of amides is 1. The van der Waals surface area contributed by atoms with Gasteiger partial charge in [0.2, 0.25) is 0 Å². The molecule has 1 atom stereocenters. The lowest BCUT2D eigenvalue weighted by Crippen LogP contribution is -2.24. The lowest BCUT2D eigenvalue weighted by molar-refractivity contribution is -0.122. The molecule has 2 rings (SSSR count). The van der Waals surface area contributed by atoms with E-state index in [1.807, 2.05) is 36.4 Å². The van der Waals surface area contributed by atoms with Crippen LogP contribution in [0.25, 0.3) is 0 Å². The molecule has 2 N–H and O–H groups in total. The molecular weight excluding hydrogens is 268 g/mol. The zero-order valence-electron chi connectivity index (χ0n) is 12.3. The standard InChI is InChI=1S/C16H20N2O3/c1-12(9-14-7-4-8-20-14)18-13-5-3-6-15(10-13)21-11-16(19)17-2/h3-8,10,12,18H,9,11H2,1-2H3,(H,17,19). The molecule has 5 nitrogen and oxygen atoms in total. The fourth-order valence-electron chi connectivity index (χ4n) is 1.96. The Morgan fingerprint density at radius 2 is 2.19 bits per heavy atom.